The standard InChI is InChI=1S/C10H21NO/c1-5-7-8-9-10(11(3)4)12-6-2/h6,10H,2,5,7-9H2,1,3-4H3. The molecule has 2 heteroatoms. The molecule has 0 amide bonds. The molecule has 0 heterocycles. The number of rotatable bonds is 7. The van der Waals surface area contributed by atoms with Gasteiger partial charge in [0.05, 0.1) is 6.26 Å². The molecule has 0 N–H and O–H groups in total. The highest BCUT2D eigenvalue weighted by Gasteiger charge is 2.09. The van der Waals surface area contributed by atoms with E-state index in [4.69, 9.17) is 4.74 Å². The average molecular weight is 171 g/mol. The molecule has 0 aliphatic rings. The van der Waals surface area contributed by atoms with Crippen LogP contribution in [0.3, 0.4) is 0 Å². The Labute approximate surface area is 76.2 Å². The summed E-state index contributed by atoms with van der Waals surface area (Å²) in [5, 5.41) is 0. The van der Waals surface area contributed by atoms with Crippen LogP contribution in [0.25, 0.3) is 0 Å². The maximum atomic E-state index is 5.34. The van der Waals surface area contributed by atoms with Gasteiger partial charge in [-0.2, -0.15) is 0 Å². The molecule has 0 rings (SSSR count). The molecular formula is C10H21NO. The maximum Gasteiger partial charge on any atom is 0.151 e. The van der Waals surface area contributed by atoms with Crippen molar-refractivity contribution in [3.05, 3.63) is 12.8 Å². The minimum atomic E-state index is 0.203. The molecular weight excluding hydrogens is 150 g/mol. The molecule has 2 nitrogen and oxygen atoms in total. The Morgan fingerprint density at radius 3 is 2.50 bits per heavy atom. The van der Waals surface area contributed by atoms with E-state index in [1.807, 2.05) is 14.1 Å². The lowest BCUT2D eigenvalue weighted by Gasteiger charge is -2.23. The van der Waals surface area contributed by atoms with E-state index in [9.17, 15) is 0 Å². The SMILES string of the molecule is C=COC(CCCCC)N(C)C. The van der Waals surface area contributed by atoms with Gasteiger partial charge in [-0.1, -0.05) is 26.3 Å². The van der Waals surface area contributed by atoms with Crippen LogP contribution in [0.15, 0.2) is 12.8 Å². The minimum absolute atomic E-state index is 0.203. The monoisotopic (exact) mass is 171 g/mol. The Kier molecular flexibility index (Phi) is 6.87. The molecule has 0 aliphatic carbocycles. The highest BCUT2D eigenvalue weighted by Crippen LogP contribution is 2.08. The molecule has 0 saturated carbocycles. The molecule has 0 aromatic carbocycles. The van der Waals surface area contributed by atoms with Crippen LogP contribution < -0.4 is 0 Å². The second-order valence-electron chi connectivity index (χ2n) is 3.22. The number of unbranched alkanes of at least 4 members (excludes halogenated alkanes) is 2. The Hall–Kier alpha value is -0.500. The lowest BCUT2D eigenvalue weighted by molar-refractivity contribution is 0.0166. The topological polar surface area (TPSA) is 12.5 Å². The van der Waals surface area contributed by atoms with Crippen molar-refractivity contribution in [1.29, 1.82) is 0 Å². The van der Waals surface area contributed by atoms with Gasteiger partial charge < -0.3 is 4.74 Å². The highest BCUT2D eigenvalue weighted by atomic mass is 16.5. The molecule has 0 fully saturated rings. The fourth-order valence-electron chi connectivity index (χ4n) is 1.13. The molecule has 0 aromatic rings. The fraction of sp³-hybridized carbons (Fsp3) is 0.800. The van der Waals surface area contributed by atoms with E-state index in [2.05, 4.69) is 18.4 Å². The predicted octanol–water partition coefficient (Wildman–Crippen LogP) is 2.61. The third-order valence-electron chi connectivity index (χ3n) is 1.88. The van der Waals surface area contributed by atoms with Gasteiger partial charge in [-0.05, 0) is 26.9 Å². The Bertz CT molecular complexity index is 112. The summed E-state index contributed by atoms with van der Waals surface area (Å²) in [7, 11) is 4.06. The smallest absolute Gasteiger partial charge is 0.151 e. The van der Waals surface area contributed by atoms with Crippen LogP contribution in [-0.4, -0.2) is 25.2 Å². The molecule has 0 bridgehead atoms. The summed E-state index contributed by atoms with van der Waals surface area (Å²) in [6, 6.07) is 0. The van der Waals surface area contributed by atoms with Crippen LogP contribution in [0.4, 0.5) is 0 Å². The first-order valence-electron chi connectivity index (χ1n) is 4.65. The van der Waals surface area contributed by atoms with Crippen molar-refractivity contribution in [2.45, 2.75) is 38.8 Å². The second-order valence-corrected chi connectivity index (χ2v) is 3.22. The largest absolute Gasteiger partial charge is 0.483 e. The Balaban J connectivity index is 3.55. The molecule has 72 valence electrons. The maximum absolute atomic E-state index is 5.34. The third-order valence-corrected chi connectivity index (χ3v) is 1.88. The van der Waals surface area contributed by atoms with E-state index in [0.29, 0.717) is 0 Å². The van der Waals surface area contributed by atoms with Crippen LogP contribution in [-0.2, 0) is 4.74 Å². The van der Waals surface area contributed by atoms with Crippen LogP contribution in [0, 0.1) is 0 Å². The van der Waals surface area contributed by atoms with Crippen molar-refractivity contribution >= 4 is 0 Å². The van der Waals surface area contributed by atoms with Gasteiger partial charge in [-0.3, -0.25) is 4.90 Å². The van der Waals surface area contributed by atoms with E-state index in [1.165, 1.54) is 25.5 Å². The molecule has 0 aromatic heterocycles. The van der Waals surface area contributed by atoms with Crippen molar-refractivity contribution in [1.82, 2.24) is 4.90 Å². The van der Waals surface area contributed by atoms with E-state index < -0.39 is 0 Å². The summed E-state index contributed by atoms with van der Waals surface area (Å²) >= 11 is 0. The molecule has 1 atom stereocenters. The van der Waals surface area contributed by atoms with Gasteiger partial charge in [0.25, 0.3) is 0 Å². The summed E-state index contributed by atoms with van der Waals surface area (Å²) in [6.45, 7) is 5.77. The van der Waals surface area contributed by atoms with Crippen LogP contribution in [0.5, 0.6) is 0 Å². The van der Waals surface area contributed by atoms with Gasteiger partial charge >= 0.3 is 0 Å². The Morgan fingerprint density at radius 1 is 1.42 bits per heavy atom. The van der Waals surface area contributed by atoms with Crippen LogP contribution >= 0.6 is 0 Å². The van der Waals surface area contributed by atoms with Crippen molar-refractivity contribution < 1.29 is 4.74 Å². The second kappa shape index (κ2) is 7.17. The number of ether oxygens (including phenoxy) is 1. The number of hydrogen-bond acceptors (Lipinski definition) is 2. The molecule has 1 unspecified atom stereocenters. The first-order valence-corrected chi connectivity index (χ1v) is 4.65. The predicted molar refractivity (Wildman–Crippen MR) is 52.9 cm³/mol. The molecule has 0 spiro atoms. The summed E-state index contributed by atoms with van der Waals surface area (Å²) in [5.41, 5.74) is 0. The van der Waals surface area contributed by atoms with Gasteiger partial charge in [-0.15, -0.1) is 0 Å². The van der Waals surface area contributed by atoms with Crippen molar-refractivity contribution in [2.24, 2.45) is 0 Å². The van der Waals surface area contributed by atoms with Gasteiger partial charge in [0.15, 0.2) is 6.23 Å². The summed E-state index contributed by atoms with van der Waals surface area (Å²) in [4.78, 5) is 2.08. The molecule has 12 heavy (non-hydrogen) atoms. The quantitative estimate of drug-likeness (QED) is 0.332. The average Bonchev–Trinajstić information content (AvgIpc) is 2.03. The highest BCUT2D eigenvalue weighted by molar-refractivity contribution is 4.60. The summed E-state index contributed by atoms with van der Waals surface area (Å²) < 4.78 is 5.34. The van der Waals surface area contributed by atoms with Gasteiger partial charge in [0, 0.05) is 0 Å². The third kappa shape index (κ3) is 5.19. The zero-order valence-electron chi connectivity index (χ0n) is 8.55. The lowest BCUT2D eigenvalue weighted by Crippen LogP contribution is -2.29. The van der Waals surface area contributed by atoms with Crippen molar-refractivity contribution in [3.63, 3.8) is 0 Å². The molecule has 0 radical (unpaired) electrons. The van der Waals surface area contributed by atoms with Gasteiger partial charge in [0.1, 0.15) is 0 Å². The Morgan fingerprint density at radius 2 is 2.08 bits per heavy atom. The van der Waals surface area contributed by atoms with Gasteiger partial charge in [0.2, 0.25) is 0 Å². The summed E-state index contributed by atoms with van der Waals surface area (Å²) in [5.74, 6) is 0. The van der Waals surface area contributed by atoms with E-state index >= 15 is 0 Å². The van der Waals surface area contributed by atoms with Crippen molar-refractivity contribution in [3.8, 4) is 0 Å². The minimum Gasteiger partial charge on any atom is -0.483 e. The van der Waals surface area contributed by atoms with E-state index in [1.54, 1.807) is 0 Å². The van der Waals surface area contributed by atoms with E-state index in [0.717, 1.165) is 6.42 Å². The first-order chi connectivity index (χ1) is 5.72. The molecule has 0 saturated heterocycles. The first kappa shape index (κ1) is 11.5. The van der Waals surface area contributed by atoms with Crippen LogP contribution in [0.1, 0.15) is 32.6 Å². The van der Waals surface area contributed by atoms with Crippen LogP contribution in [0.2, 0.25) is 0 Å². The normalized spacial score (nSPS) is 13.0. The summed E-state index contributed by atoms with van der Waals surface area (Å²) in [6.07, 6.45) is 6.59. The zero-order valence-corrected chi connectivity index (χ0v) is 8.55. The number of nitrogens with zero attached hydrogens (tertiary/aromatic N) is 1. The zero-order chi connectivity index (χ0) is 9.40. The van der Waals surface area contributed by atoms with Crippen molar-refractivity contribution in [2.75, 3.05) is 14.1 Å². The molecule has 0 aliphatic heterocycles. The van der Waals surface area contributed by atoms with Gasteiger partial charge in [-0.25, -0.2) is 0 Å². The van der Waals surface area contributed by atoms with E-state index in [-0.39, 0.29) is 6.23 Å². The fourth-order valence-corrected chi connectivity index (χ4v) is 1.13. The number of hydrogen-bond donors (Lipinski definition) is 0. The lowest BCUT2D eigenvalue weighted by atomic mass is 10.2.